The number of amides is 1. The third-order valence-electron chi connectivity index (χ3n) is 3.39. The molecule has 0 aliphatic rings. The summed E-state index contributed by atoms with van der Waals surface area (Å²) in [6.45, 7) is 1.53. The van der Waals surface area contributed by atoms with Gasteiger partial charge in [0, 0.05) is 17.0 Å². The van der Waals surface area contributed by atoms with Crippen molar-refractivity contribution in [2.45, 2.75) is 6.92 Å². The van der Waals surface area contributed by atoms with Crippen molar-refractivity contribution >= 4 is 53.9 Å². The van der Waals surface area contributed by atoms with Crippen LogP contribution in [0.25, 0.3) is 30.9 Å². The van der Waals surface area contributed by atoms with Crippen molar-refractivity contribution in [2.75, 3.05) is 5.32 Å². The van der Waals surface area contributed by atoms with Crippen molar-refractivity contribution in [3.05, 3.63) is 48.5 Å². The van der Waals surface area contributed by atoms with E-state index in [2.05, 4.69) is 23.5 Å². The van der Waals surface area contributed by atoms with Crippen LogP contribution in [0.1, 0.15) is 6.92 Å². The summed E-state index contributed by atoms with van der Waals surface area (Å²) in [7, 11) is 0. The quantitative estimate of drug-likeness (QED) is 0.555. The molecule has 22 heavy (non-hydrogen) atoms. The lowest BCUT2D eigenvalue weighted by Crippen LogP contribution is -2.04. The third kappa shape index (κ3) is 2.19. The summed E-state index contributed by atoms with van der Waals surface area (Å²) >= 11 is 3.25. The number of fused-ring (bicyclic) bond motifs is 2. The van der Waals surface area contributed by atoms with Crippen LogP contribution in [-0.2, 0) is 4.79 Å². The molecule has 3 nitrogen and oxygen atoms in total. The molecule has 0 aliphatic carbocycles. The van der Waals surface area contributed by atoms with Crippen LogP contribution in [0.5, 0.6) is 0 Å². The van der Waals surface area contributed by atoms with Gasteiger partial charge in [-0.2, -0.15) is 0 Å². The fourth-order valence-electron chi connectivity index (χ4n) is 2.48. The van der Waals surface area contributed by atoms with Gasteiger partial charge < -0.3 is 5.32 Å². The van der Waals surface area contributed by atoms with Gasteiger partial charge in [-0.3, -0.25) is 4.79 Å². The summed E-state index contributed by atoms with van der Waals surface area (Å²) in [6.07, 6.45) is 0. The van der Waals surface area contributed by atoms with Gasteiger partial charge >= 0.3 is 0 Å². The van der Waals surface area contributed by atoms with Crippen molar-refractivity contribution < 1.29 is 4.79 Å². The molecule has 2 heterocycles. The van der Waals surface area contributed by atoms with E-state index in [4.69, 9.17) is 4.98 Å². The summed E-state index contributed by atoms with van der Waals surface area (Å²) in [5.74, 6) is -0.0612. The Bertz CT molecular complexity index is 967. The van der Waals surface area contributed by atoms with Crippen molar-refractivity contribution in [3.63, 3.8) is 0 Å². The van der Waals surface area contributed by atoms with Crippen LogP contribution >= 0.6 is 22.7 Å². The smallest absolute Gasteiger partial charge is 0.221 e. The molecule has 0 unspecified atom stereocenters. The fourth-order valence-corrected chi connectivity index (χ4v) is 4.73. The molecule has 0 saturated heterocycles. The number of aromatic nitrogens is 1. The minimum atomic E-state index is -0.0612. The van der Waals surface area contributed by atoms with Crippen molar-refractivity contribution in [3.8, 4) is 10.6 Å². The van der Waals surface area contributed by atoms with E-state index in [0.29, 0.717) is 0 Å². The predicted octanol–water partition coefficient (Wildman–Crippen LogP) is 5.14. The molecule has 4 rings (SSSR count). The SMILES string of the molecule is CC(=O)Nc1sc2ccccc2c1-c1nc2ccccc2s1. The van der Waals surface area contributed by atoms with Crippen LogP contribution in [0.2, 0.25) is 0 Å². The molecular weight excluding hydrogens is 312 g/mol. The number of para-hydroxylation sites is 1. The minimum absolute atomic E-state index is 0.0612. The van der Waals surface area contributed by atoms with E-state index in [1.165, 1.54) is 6.92 Å². The minimum Gasteiger partial charge on any atom is -0.317 e. The summed E-state index contributed by atoms with van der Waals surface area (Å²) in [5, 5.41) is 5.90. The molecule has 0 aliphatic heterocycles. The highest BCUT2D eigenvalue weighted by Gasteiger charge is 2.18. The molecule has 0 fully saturated rings. The molecule has 108 valence electrons. The van der Waals surface area contributed by atoms with Gasteiger partial charge in [-0.05, 0) is 18.2 Å². The van der Waals surface area contributed by atoms with Gasteiger partial charge in [-0.15, -0.1) is 22.7 Å². The van der Waals surface area contributed by atoms with E-state index in [1.807, 2.05) is 30.3 Å². The van der Waals surface area contributed by atoms with E-state index >= 15 is 0 Å². The Morgan fingerprint density at radius 2 is 1.73 bits per heavy atom. The molecule has 0 saturated carbocycles. The van der Waals surface area contributed by atoms with E-state index in [1.54, 1.807) is 22.7 Å². The number of thiazole rings is 1. The maximum atomic E-state index is 11.5. The van der Waals surface area contributed by atoms with Crippen LogP contribution < -0.4 is 5.32 Å². The zero-order valence-electron chi connectivity index (χ0n) is 11.8. The summed E-state index contributed by atoms with van der Waals surface area (Å²) < 4.78 is 2.31. The van der Waals surface area contributed by atoms with Crippen molar-refractivity contribution in [2.24, 2.45) is 0 Å². The van der Waals surface area contributed by atoms with Crippen molar-refractivity contribution in [1.29, 1.82) is 0 Å². The van der Waals surface area contributed by atoms with Crippen LogP contribution in [-0.4, -0.2) is 10.9 Å². The average Bonchev–Trinajstić information content (AvgIpc) is 3.06. The van der Waals surface area contributed by atoms with Gasteiger partial charge in [0.15, 0.2) is 0 Å². The average molecular weight is 324 g/mol. The standard InChI is InChI=1S/C17H12N2OS2/c1-10(20)18-16-15(11-6-2-4-8-13(11)21-16)17-19-12-7-3-5-9-14(12)22-17/h2-9H,1H3,(H,18,20). The zero-order chi connectivity index (χ0) is 15.1. The molecule has 2 aromatic carbocycles. The second-order valence-corrected chi connectivity index (χ2v) is 7.05. The number of nitrogens with zero attached hydrogens (tertiary/aromatic N) is 1. The Labute approximate surface area is 135 Å². The predicted molar refractivity (Wildman–Crippen MR) is 94.7 cm³/mol. The van der Waals surface area contributed by atoms with Crippen LogP contribution in [0.4, 0.5) is 5.00 Å². The Kier molecular flexibility index (Phi) is 3.17. The number of benzene rings is 2. The van der Waals surface area contributed by atoms with E-state index < -0.39 is 0 Å². The highest BCUT2D eigenvalue weighted by molar-refractivity contribution is 7.25. The van der Waals surface area contributed by atoms with E-state index in [9.17, 15) is 4.79 Å². The Hall–Kier alpha value is -2.24. The normalized spacial score (nSPS) is 11.1. The first-order valence-corrected chi connectivity index (χ1v) is 8.51. The molecule has 5 heteroatoms. The lowest BCUT2D eigenvalue weighted by atomic mass is 10.1. The van der Waals surface area contributed by atoms with E-state index in [0.717, 1.165) is 35.9 Å². The molecule has 2 aromatic heterocycles. The number of hydrogen-bond donors (Lipinski definition) is 1. The maximum Gasteiger partial charge on any atom is 0.221 e. The highest BCUT2D eigenvalue weighted by Crippen LogP contribution is 2.44. The molecule has 1 amide bonds. The second kappa shape index (κ2) is 5.19. The van der Waals surface area contributed by atoms with Crippen LogP contribution in [0, 0.1) is 0 Å². The fraction of sp³-hybridized carbons (Fsp3) is 0.0588. The van der Waals surface area contributed by atoms with E-state index in [-0.39, 0.29) is 5.91 Å². The first kappa shape index (κ1) is 13.4. The number of rotatable bonds is 2. The monoisotopic (exact) mass is 324 g/mol. The Balaban J connectivity index is 2.00. The number of nitrogens with one attached hydrogen (secondary N) is 1. The first-order valence-electron chi connectivity index (χ1n) is 6.87. The van der Waals surface area contributed by atoms with Gasteiger partial charge in [0.25, 0.3) is 0 Å². The van der Waals surface area contributed by atoms with Gasteiger partial charge in [-0.25, -0.2) is 4.98 Å². The van der Waals surface area contributed by atoms with Crippen LogP contribution in [0.15, 0.2) is 48.5 Å². The Morgan fingerprint density at radius 3 is 2.50 bits per heavy atom. The van der Waals surface area contributed by atoms with Gasteiger partial charge in [0.2, 0.25) is 5.91 Å². The number of carbonyl (C=O) groups is 1. The zero-order valence-corrected chi connectivity index (χ0v) is 13.4. The van der Waals surface area contributed by atoms with Gasteiger partial charge in [-0.1, -0.05) is 30.3 Å². The molecule has 0 bridgehead atoms. The molecule has 4 aromatic rings. The second-order valence-electron chi connectivity index (χ2n) is 4.97. The first-order chi connectivity index (χ1) is 10.7. The molecule has 0 spiro atoms. The maximum absolute atomic E-state index is 11.5. The summed E-state index contributed by atoms with van der Waals surface area (Å²) in [4.78, 5) is 16.3. The number of thiophene rings is 1. The summed E-state index contributed by atoms with van der Waals surface area (Å²) in [6, 6.07) is 16.3. The molecular formula is C17H12N2OS2. The highest BCUT2D eigenvalue weighted by atomic mass is 32.1. The summed E-state index contributed by atoms with van der Waals surface area (Å²) in [5.41, 5.74) is 2.02. The number of hydrogen-bond acceptors (Lipinski definition) is 4. The lowest BCUT2D eigenvalue weighted by Gasteiger charge is -2.01. The largest absolute Gasteiger partial charge is 0.317 e. The third-order valence-corrected chi connectivity index (χ3v) is 5.53. The molecule has 0 radical (unpaired) electrons. The van der Waals surface area contributed by atoms with Gasteiger partial charge in [0.1, 0.15) is 10.0 Å². The number of carbonyl (C=O) groups excluding carboxylic acids is 1. The number of anilines is 1. The molecule has 0 atom stereocenters. The molecule has 1 N–H and O–H groups in total. The lowest BCUT2D eigenvalue weighted by molar-refractivity contribution is -0.114. The van der Waals surface area contributed by atoms with Crippen LogP contribution in [0.3, 0.4) is 0 Å². The topological polar surface area (TPSA) is 42.0 Å². The van der Waals surface area contributed by atoms with Crippen molar-refractivity contribution in [1.82, 2.24) is 4.98 Å². The van der Waals surface area contributed by atoms with Gasteiger partial charge in [0.05, 0.1) is 15.8 Å². The Morgan fingerprint density at radius 1 is 1.00 bits per heavy atom.